The highest BCUT2D eigenvalue weighted by Gasteiger charge is 2.47. The van der Waals surface area contributed by atoms with Crippen LogP contribution in [0.1, 0.15) is 42.5 Å². The molecule has 1 N–H and O–H groups in total. The molecule has 0 unspecified atom stereocenters. The van der Waals surface area contributed by atoms with Crippen LogP contribution in [-0.4, -0.2) is 28.8 Å². The minimum absolute atomic E-state index is 0.101. The number of hydrogen-bond donors (Lipinski definition) is 1. The Balaban J connectivity index is 1.63. The first-order valence-corrected chi connectivity index (χ1v) is 10.3. The first-order valence-electron chi connectivity index (χ1n) is 9.89. The topological polar surface area (TPSA) is 49.4 Å². The van der Waals surface area contributed by atoms with Crippen LogP contribution in [-0.2, 0) is 4.79 Å². The van der Waals surface area contributed by atoms with Gasteiger partial charge in [-0.25, -0.2) is 13.2 Å². The third-order valence-electron chi connectivity index (χ3n) is 5.99. The average Bonchev–Trinajstić information content (AvgIpc) is 3.13. The molecule has 1 saturated carbocycles. The maximum absolute atomic E-state index is 14.0. The van der Waals surface area contributed by atoms with Gasteiger partial charge >= 0.3 is 0 Å². The van der Waals surface area contributed by atoms with E-state index in [1.807, 2.05) is 0 Å². The molecular weight excluding hydrogens is 417 g/mol. The number of benzene rings is 2. The molecule has 1 aliphatic heterocycles. The average molecular weight is 437 g/mol. The zero-order valence-electron chi connectivity index (χ0n) is 16.0. The molecule has 0 spiro atoms. The van der Waals surface area contributed by atoms with E-state index in [2.05, 4.69) is 5.32 Å². The van der Waals surface area contributed by atoms with Gasteiger partial charge in [0.15, 0.2) is 17.5 Å². The zero-order valence-corrected chi connectivity index (χ0v) is 16.8. The van der Waals surface area contributed by atoms with E-state index in [-0.39, 0.29) is 17.9 Å². The monoisotopic (exact) mass is 436 g/mol. The summed E-state index contributed by atoms with van der Waals surface area (Å²) in [5.74, 6) is -5.24. The number of fused-ring (bicyclic) bond motifs is 1. The molecule has 4 rings (SSSR count). The largest absolute Gasteiger partial charge is 0.323 e. The molecule has 2 aliphatic rings. The fourth-order valence-electron chi connectivity index (χ4n) is 4.60. The van der Waals surface area contributed by atoms with Gasteiger partial charge in [-0.1, -0.05) is 30.5 Å². The summed E-state index contributed by atoms with van der Waals surface area (Å²) < 4.78 is 40.8. The summed E-state index contributed by atoms with van der Waals surface area (Å²) in [6.07, 6.45) is 4.08. The van der Waals surface area contributed by atoms with Crippen LogP contribution in [0.15, 0.2) is 36.4 Å². The van der Waals surface area contributed by atoms with E-state index in [0.29, 0.717) is 17.0 Å². The smallest absolute Gasteiger partial charge is 0.254 e. The van der Waals surface area contributed by atoms with Crippen molar-refractivity contribution in [1.82, 2.24) is 4.90 Å². The summed E-state index contributed by atoms with van der Waals surface area (Å²) in [4.78, 5) is 27.9. The van der Waals surface area contributed by atoms with E-state index < -0.39 is 35.1 Å². The SMILES string of the molecule is O=C(Nc1ccc(F)c(F)c1F)[C@@H]1C[C@H]2CCCC[C@@H]2N1C(=O)c1cccc(Cl)c1. The van der Waals surface area contributed by atoms with Crippen LogP contribution in [0.25, 0.3) is 0 Å². The van der Waals surface area contributed by atoms with Gasteiger partial charge in [0.1, 0.15) is 6.04 Å². The van der Waals surface area contributed by atoms with Gasteiger partial charge in [0.2, 0.25) is 5.91 Å². The quantitative estimate of drug-likeness (QED) is 0.675. The number of hydrogen-bond acceptors (Lipinski definition) is 2. The number of halogens is 4. The Labute approximate surface area is 177 Å². The van der Waals surface area contributed by atoms with Gasteiger partial charge in [-0.05, 0) is 55.5 Å². The van der Waals surface area contributed by atoms with Gasteiger partial charge in [0, 0.05) is 16.6 Å². The van der Waals surface area contributed by atoms with Crippen LogP contribution < -0.4 is 5.32 Å². The van der Waals surface area contributed by atoms with Gasteiger partial charge in [0.25, 0.3) is 5.91 Å². The van der Waals surface area contributed by atoms with Crippen LogP contribution in [0, 0.1) is 23.4 Å². The number of anilines is 1. The first-order chi connectivity index (χ1) is 14.4. The lowest BCUT2D eigenvalue weighted by atomic mass is 9.84. The highest BCUT2D eigenvalue weighted by Crippen LogP contribution is 2.41. The van der Waals surface area contributed by atoms with Crippen molar-refractivity contribution in [2.45, 2.75) is 44.2 Å². The van der Waals surface area contributed by atoms with E-state index >= 15 is 0 Å². The lowest BCUT2D eigenvalue weighted by Crippen LogP contribution is -2.47. The van der Waals surface area contributed by atoms with Gasteiger partial charge in [-0.2, -0.15) is 0 Å². The van der Waals surface area contributed by atoms with Gasteiger partial charge in [-0.15, -0.1) is 0 Å². The van der Waals surface area contributed by atoms with E-state index in [0.717, 1.165) is 37.8 Å². The molecule has 158 valence electrons. The molecule has 30 heavy (non-hydrogen) atoms. The van der Waals surface area contributed by atoms with Gasteiger partial charge in [-0.3, -0.25) is 9.59 Å². The third kappa shape index (κ3) is 3.78. The lowest BCUT2D eigenvalue weighted by Gasteiger charge is -2.33. The molecule has 8 heteroatoms. The molecule has 2 amide bonds. The van der Waals surface area contributed by atoms with Crippen molar-refractivity contribution < 1.29 is 22.8 Å². The molecule has 1 saturated heterocycles. The van der Waals surface area contributed by atoms with Crippen molar-refractivity contribution >= 4 is 29.1 Å². The van der Waals surface area contributed by atoms with Crippen LogP contribution in [0.5, 0.6) is 0 Å². The fraction of sp³-hybridized carbons (Fsp3) is 0.364. The van der Waals surface area contributed by atoms with Crippen molar-refractivity contribution in [2.24, 2.45) is 5.92 Å². The molecule has 0 aromatic heterocycles. The summed E-state index contributed by atoms with van der Waals surface area (Å²) in [5, 5.41) is 2.74. The molecule has 2 aromatic rings. The van der Waals surface area contributed by atoms with Crippen LogP contribution in [0.3, 0.4) is 0 Å². The number of amides is 2. The second kappa shape index (κ2) is 8.30. The van der Waals surface area contributed by atoms with Gasteiger partial charge in [0.05, 0.1) is 5.69 Å². The normalized spacial score (nSPS) is 23.2. The summed E-state index contributed by atoms with van der Waals surface area (Å²) in [5.41, 5.74) is -0.0885. The lowest BCUT2D eigenvalue weighted by molar-refractivity contribution is -0.120. The fourth-order valence-corrected chi connectivity index (χ4v) is 4.79. The highest BCUT2D eigenvalue weighted by atomic mass is 35.5. The number of carbonyl (C=O) groups excluding carboxylic acids is 2. The van der Waals surface area contributed by atoms with Crippen molar-refractivity contribution in [3.05, 3.63) is 64.4 Å². The Morgan fingerprint density at radius 3 is 2.57 bits per heavy atom. The molecule has 4 nitrogen and oxygen atoms in total. The minimum Gasteiger partial charge on any atom is -0.323 e. The zero-order chi connectivity index (χ0) is 21.4. The summed E-state index contributed by atoms with van der Waals surface area (Å²) in [6.45, 7) is 0. The van der Waals surface area contributed by atoms with Crippen molar-refractivity contribution in [3.8, 4) is 0 Å². The molecule has 3 atom stereocenters. The molecule has 0 bridgehead atoms. The molecule has 2 aromatic carbocycles. The van der Waals surface area contributed by atoms with E-state index in [1.54, 1.807) is 29.2 Å². The maximum Gasteiger partial charge on any atom is 0.254 e. The van der Waals surface area contributed by atoms with E-state index in [9.17, 15) is 22.8 Å². The van der Waals surface area contributed by atoms with Crippen molar-refractivity contribution in [3.63, 3.8) is 0 Å². The number of likely N-dealkylation sites (tertiary alicyclic amines) is 1. The summed E-state index contributed by atoms with van der Waals surface area (Å²) in [7, 11) is 0. The summed E-state index contributed by atoms with van der Waals surface area (Å²) >= 11 is 6.03. The van der Waals surface area contributed by atoms with Crippen molar-refractivity contribution in [2.75, 3.05) is 5.32 Å². The second-order valence-corrected chi connectivity index (χ2v) is 8.23. The number of nitrogens with one attached hydrogen (secondary N) is 1. The third-order valence-corrected chi connectivity index (χ3v) is 6.22. The maximum atomic E-state index is 14.0. The Hall–Kier alpha value is -2.54. The van der Waals surface area contributed by atoms with Crippen molar-refractivity contribution in [1.29, 1.82) is 0 Å². The van der Waals surface area contributed by atoms with Crippen LogP contribution >= 0.6 is 11.6 Å². The summed E-state index contributed by atoms with van der Waals surface area (Å²) in [6, 6.07) is 7.28. The molecule has 2 fully saturated rings. The Kier molecular flexibility index (Phi) is 5.73. The van der Waals surface area contributed by atoms with Crippen LogP contribution in [0.4, 0.5) is 18.9 Å². The second-order valence-electron chi connectivity index (χ2n) is 7.80. The first kappa shape index (κ1) is 20.7. The Bertz CT molecular complexity index is 1000. The Morgan fingerprint density at radius 2 is 1.80 bits per heavy atom. The number of rotatable bonds is 3. The van der Waals surface area contributed by atoms with Gasteiger partial charge < -0.3 is 10.2 Å². The minimum atomic E-state index is -1.65. The number of nitrogens with zero attached hydrogens (tertiary/aromatic N) is 1. The van der Waals surface area contributed by atoms with Crippen LogP contribution in [0.2, 0.25) is 5.02 Å². The predicted octanol–water partition coefficient (Wildman–Crippen LogP) is 5.17. The number of carbonyl (C=O) groups is 2. The molecule has 0 radical (unpaired) electrons. The molecule has 1 aliphatic carbocycles. The Morgan fingerprint density at radius 1 is 1.03 bits per heavy atom. The molecular formula is C22H20ClF3N2O2. The predicted molar refractivity (Wildman–Crippen MR) is 107 cm³/mol. The van der Waals surface area contributed by atoms with E-state index in [1.165, 1.54) is 0 Å². The highest BCUT2D eigenvalue weighted by molar-refractivity contribution is 6.31. The van der Waals surface area contributed by atoms with E-state index in [4.69, 9.17) is 11.6 Å². The standard InChI is InChI=1S/C22H20ClF3N2O2/c23-14-6-3-5-13(10-14)22(30)28-17-7-2-1-4-12(17)11-18(28)21(29)27-16-9-8-15(24)19(25)20(16)26/h3,5-6,8-10,12,17-18H,1-2,4,7,11H2,(H,27,29)/t12-,17+,18+/m1/s1. The molecule has 1 heterocycles.